The van der Waals surface area contributed by atoms with Crippen LogP contribution < -0.4 is 5.32 Å². The van der Waals surface area contributed by atoms with Gasteiger partial charge in [-0.15, -0.1) is 11.8 Å². The molecule has 0 heterocycles. The Morgan fingerprint density at radius 3 is 2.39 bits per heavy atom. The second-order valence-corrected chi connectivity index (χ2v) is 6.47. The van der Waals surface area contributed by atoms with Crippen LogP contribution in [0.5, 0.6) is 0 Å². The van der Waals surface area contributed by atoms with Crippen molar-refractivity contribution in [3.05, 3.63) is 29.8 Å². The van der Waals surface area contributed by atoms with E-state index in [-0.39, 0.29) is 0 Å². The van der Waals surface area contributed by atoms with Gasteiger partial charge in [-0.3, -0.25) is 0 Å². The Balaban J connectivity index is 1.61. The van der Waals surface area contributed by atoms with E-state index < -0.39 is 0 Å². The van der Waals surface area contributed by atoms with Crippen LogP contribution in [0.1, 0.15) is 44.1 Å². The van der Waals surface area contributed by atoms with E-state index >= 15 is 0 Å². The van der Waals surface area contributed by atoms with E-state index in [1.807, 2.05) is 11.8 Å². The van der Waals surface area contributed by atoms with Crippen molar-refractivity contribution in [3.63, 3.8) is 0 Å². The normalized spacial score (nSPS) is 17.6. The number of hydrogen-bond acceptors (Lipinski definition) is 2. The fourth-order valence-electron chi connectivity index (χ4n) is 2.55. The van der Waals surface area contributed by atoms with E-state index in [2.05, 4.69) is 36.5 Å². The zero-order valence-corrected chi connectivity index (χ0v) is 12.3. The second-order valence-electron chi connectivity index (χ2n) is 5.30. The zero-order chi connectivity index (χ0) is 12.6. The minimum atomic E-state index is 0.783. The third-order valence-corrected chi connectivity index (χ3v) is 4.69. The van der Waals surface area contributed by atoms with Crippen LogP contribution in [0.25, 0.3) is 0 Å². The van der Waals surface area contributed by atoms with Gasteiger partial charge in [0.05, 0.1) is 0 Å². The topological polar surface area (TPSA) is 12.0 Å². The van der Waals surface area contributed by atoms with Crippen molar-refractivity contribution in [2.45, 2.75) is 56.4 Å². The number of aryl methyl sites for hydroxylation is 1. The molecule has 100 valence electrons. The van der Waals surface area contributed by atoms with Gasteiger partial charge in [0.25, 0.3) is 0 Å². The Morgan fingerprint density at radius 2 is 1.72 bits per heavy atom. The quantitative estimate of drug-likeness (QED) is 0.480. The molecule has 0 radical (unpaired) electrons. The molecule has 1 aliphatic rings. The Hall–Kier alpha value is -0.470. The van der Waals surface area contributed by atoms with Crippen LogP contribution in [-0.2, 0) is 0 Å². The van der Waals surface area contributed by atoms with Crippen molar-refractivity contribution in [2.75, 3.05) is 12.3 Å². The summed E-state index contributed by atoms with van der Waals surface area (Å²) in [6.45, 7) is 3.28. The van der Waals surface area contributed by atoms with Crippen LogP contribution >= 0.6 is 11.8 Å². The van der Waals surface area contributed by atoms with E-state index in [4.69, 9.17) is 0 Å². The first kappa shape index (κ1) is 14.0. The lowest BCUT2D eigenvalue weighted by Gasteiger charge is -2.15. The van der Waals surface area contributed by atoms with E-state index in [0.717, 1.165) is 12.6 Å². The SMILES string of the molecule is Cc1ccc(SCCNC2CCCCCC2)cc1. The lowest BCUT2D eigenvalue weighted by molar-refractivity contribution is 0.474. The highest BCUT2D eigenvalue weighted by molar-refractivity contribution is 7.99. The molecule has 1 nitrogen and oxygen atoms in total. The lowest BCUT2D eigenvalue weighted by Crippen LogP contribution is -2.30. The first-order valence-electron chi connectivity index (χ1n) is 7.27. The fourth-order valence-corrected chi connectivity index (χ4v) is 3.33. The Bertz CT molecular complexity index is 325. The average molecular weight is 263 g/mol. The van der Waals surface area contributed by atoms with Gasteiger partial charge in [-0.1, -0.05) is 43.4 Å². The van der Waals surface area contributed by atoms with Gasteiger partial charge in [-0.25, -0.2) is 0 Å². The third-order valence-electron chi connectivity index (χ3n) is 3.68. The molecule has 1 N–H and O–H groups in total. The standard InChI is InChI=1S/C16H25NS/c1-14-8-10-16(11-9-14)18-13-12-17-15-6-4-2-3-5-7-15/h8-11,15,17H,2-7,12-13H2,1H3. The molecular weight excluding hydrogens is 238 g/mol. The summed E-state index contributed by atoms with van der Waals surface area (Å²) < 4.78 is 0. The predicted octanol–water partition coefficient (Wildman–Crippen LogP) is 4.40. The van der Waals surface area contributed by atoms with Crippen molar-refractivity contribution in [1.82, 2.24) is 5.32 Å². The number of benzene rings is 1. The number of thioether (sulfide) groups is 1. The van der Waals surface area contributed by atoms with Crippen molar-refractivity contribution < 1.29 is 0 Å². The summed E-state index contributed by atoms with van der Waals surface area (Å²) in [5.74, 6) is 1.18. The molecule has 0 aliphatic heterocycles. The summed E-state index contributed by atoms with van der Waals surface area (Å²) in [4.78, 5) is 1.39. The summed E-state index contributed by atoms with van der Waals surface area (Å²) in [5.41, 5.74) is 1.34. The van der Waals surface area contributed by atoms with E-state index in [9.17, 15) is 0 Å². The molecule has 0 spiro atoms. The van der Waals surface area contributed by atoms with Crippen LogP contribution in [0.3, 0.4) is 0 Å². The van der Waals surface area contributed by atoms with Gasteiger partial charge in [-0.2, -0.15) is 0 Å². The van der Waals surface area contributed by atoms with Gasteiger partial charge >= 0.3 is 0 Å². The van der Waals surface area contributed by atoms with Gasteiger partial charge in [0, 0.05) is 23.2 Å². The highest BCUT2D eigenvalue weighted by Crippen LogP contribution is 2.19. The van der Waals surface area contributed by atoms with Crippen molar-refractivity contribution in [1.29, 1.82) is 0 Å². The molecule has 1 aliphatic carbocycles. The molecule has 2 heteroatoms. The molecule has 1 aromatic rings. The van der Waals surface area contributed by atoms with Crippen LogP contribution in [0.4, 0.5) is 0 Å². The molecule has 0 amide bonds. The van der Waals surface area contributed by atoms with Crippen molar-refractivity contribution in [2.24, 2.45) is 0 Å². The van der Waals surface area contributed by atoms with Gasteiger partial charge in [0.1, 0.15) is 0 Å². The molecule has 1 saturated carbocycles. The summed E-state index contributed by atoms with van der Waals surface area (Å²) in [7, 11) is 0. The van der Waals surface area contributed by atoms with Crippen LogP contribution in [0, 0.1) is 6.92 Å². The molecule has 1 aromatic carbocycles. The molecule has 0 atom stereocenters. The molecule has 0 unspecified atom stereocenters. The maximum Gasteiger partial charge on any atom is 0.0106 e. The van der Waals surface area contributed by atoms with E-state index in [1.165, 1.54) is 54.7 Å². The van der Waals surface area contributed by atoms with Crippen molar-refractivity contribution >= 4 is 11.8 Å². The Morgan fingerprint density at radius 1 is 1.06 bits per heavy atom. The number of nitrogens with one attached hydrogen (secondary N) is 1. The lowest BCUT2D eigenvalue weighted by atomic mass is 10.1. The number of hydrogen-bond donors (Lipinski definition) is 1. The predicted molar refractivity (Wildman–Crippen MR) is 81.4 cm³/mol. The van der Waals surface area contributed by atoms with Gasteiger partial charge in [-0.05, 0) is 31.9 Å². The van der Waals surface area contributed by atoms with E-state index in [1.54, 1.807) is 0 Å². The molecule has 0 saturated heterocycles. The third kappa shape index (κ3) is 5.03. The molecular formula is C16H25NS. The maximum absolute atomic E-state index is 3.72. The monoisotopic (exact) mass is 263 g/mol. The van der Waals surface area contributed by atoms with Crippen LogP contribution in [-0.4, -0.2) is 18.3 Å². The van der Waals surface area contributed by atoms with Crippen molar-refractivity contribution in [3.8, 4) is 0 Å². The molecule has 2 rings (SSSR count). The first-order chi connectivity index (χ1) is 8.84. The highest BCUT2D eigenvalue weighted by Gasteiger charge is 2.10. The Labute approximate surface area is 116 Å². The molecule has 1 fully saturated rings. The highest BCUT2D eigenvalue weighted by atomic mass is 32.2. The maximum atomic E-state index is 3.72. The van der Waals surface area contributed by atoms with E-state index in [0.29, 0.717) is 0 Å². The largest absolute Gasteiger partial charge is 0.313 e. The van der Waals surface area contributed by atoms with Gasteiger partial charge < -0.3 is 5.32 Å². The summed E-state index contributed by atoms with van der Waals surface area (Å²) in [6.07, 6.45) is 8.49. The zero-order valence-electron chi connectivity index (χ0n) is 11.5. The summed E-state index contributed by atoms with van der Waals surface area (Å²) in [5, 5.41) is 3.72. The fraction of sp³-hybridized carbons (Fsp3) is 0.625. The molecule has 0 bridgehead atoms. The van der Waals surface area contributed by atoms with Gasteiger partial charge in [0.2, 0.25) is 0 Å². The smallest absolute Gasteiger partial charge is 0.0106 e. The minimum Gasteiger partial charge on any atom is -0.313 e. The minimum absolute atomic E-state index is 0.783. The molecule has 0 aromatic heterocycles. The first-order valence-corrected chi connectivity index (χ1v) is 8.26. The summed E-state index contributed by atoms with van der Waals surface area (Å²) >= 11 is 1.96. The number of rotatable bonds is 5. The Kier molecular flexibility index (Phi) is 6.09. The van der Waals surface area contributed by atoms with Crippen LogP contribution in [0.2, 0.25) is 0 Å². The summed E-state index contributed by atoms with van der Waals surface area (Å²) in [6, 6.07) is 9.63. The average Bonchev–Trinajstić information content (AvgIpc) is 2.65. The van der Waals surface area contributed by atoms with Crippen LogP contribution in [0.15, 0.2) is 29.2 Å². The second kappa shape index (κ2) is 7.85. The molecule has 18 heavy (non-hydrogen) atoms. The van der Waals surface area contributed by atoms with Gasteiger partial charge in [0.15, 0.2) is 0 Å².